The number of imidazole rings is 1. The molecule has 1 saturated carbocycles. The quantitative estimate of drug-likeness (QED) is 0.774. The average Bonchev–Trinajstić information content (AvgIpc) is 3.06. The first-order valence-corrected chi connectivity index (χ1v) is 10.5. The van der Waals surface area contributed by atoms with Crippen molar-refractivity contribution in [3.63, 3.8) is 0 Å². The number of rotatable bonds is 4. The second kappa shape index (κ2) is 7.77. The van der Waals surface area contributed by atoms with Gasteiger partial charge < -0.3 is 9.47 Å². The van der Waals surface area contributed by atoms with Crippen LogP contribution in [0.5, 0.6) is 0 Å². The first kappa shape index (κ1) is 16.9. The number of carbonyl (C=O) groups is 1. The summed E-state index contributed by atoms with van der Waals surface area (Å²) < 4.78 is 2.31. The van der Waals surface area contributed by atoms with Crippen LogP contribution in [-0.4, -0.2) is 44.2 Å². The summed E-state index contributed by atoms with van der Waals surface area (Å²) in [6, 6.07) is 4.44. The van der Waals surface area contributed by atoms with Crippen molar-refractivity contribution in [1.82, 2.24) is 19.4 Å². The first-order chi connectivity index (χ1) is 12.3. The third kappa shape index (κ3) is 3.68. The molecule has 1 aliphatic carbocycles. The molecule has 2 aromatic rings. The molecule has 0 radical (unpaired) electrons. The van der Waals surface area contributed by atoms with Crippen LogP contribution in [0.4, 0.5) is 0 Å². The van der Waals surface area contributed by atoms with Crippen LogP contribution in [0, 0.1) is 0 Å². The van der Waals surface area contributed by atoms with Gasteiger partial charge in [0, 0.05) is 25.3 Å². The summed E-state index contributed by atoms with van der Waals surface area (Å²) in [5.41, 5.74) is 1.92. The van der Waals surface area contributed by atoms with Gasteiger partial charge in [-0.25, -0.2) is 9.97 Å². The van der Waals surface area contributed by atoms with E-state index >= 15 is 0 Å². The van der Waals surface area contributed by atoms with E-state index < -0.39 is 0 Å². The third-order valence-corrected chi connectivity index (χ3v) is 6.33. The Balaban J connectivity index is 1.54. The summed E-state index contributed by atoms with van der Waals surface area (Å²) in [6.45, 7) is 1.83. The predicted molar refractivity (Wildman–Crippen MR) is 101 cm³/mol. The maximum Gasteiger partial charge on any atom is 0.233 e. The lowest BCUT2D eigenvalue weighted by atomic mass is 9.95. The van der Waals surface area contributed by atoms with E-state index in [0.717, 1.165) is 42.3 Å². The number of pyridine rings is 1. The number of piperidine rings is 1. The van der Waals surface area contributed by atoms with Gasteiger partial charge in [0.15, 0.2) is 10.8 Å². The molecular formula is C19H26N4OS. The smallest absolute Gasteiger partial charge is 0.233 e. The van der Waals surface area contributed by atoms with Crippen molar-refractivity contribution in [2.45, 2.75) is 62.6 Å². The SMILES string of the molecule is O=C(CSc1nc2cccnc2n1C1CCCCC1)N1CCCCC1. The molecule has 0 aromatic carbocycles. The highest BCUT2D eigenvalue weighted by Crippen LogP contribution is 2.35. The maximum atomic E-state index is 12.5. The second-order valence-electron chi connectivity index (χ2n) is 7.13. The van der Waals surface area contributed by atoms with Gasteiger partial charge in [-0.3, -0.25) is 4.79 Å². The molecule has 0 unspecified atom stereocenters. The molecule has 134 valence electrons. The van der Waals surface area contributed by atoms with Crippen LogP contribution in [0.15, 0.2) is 23.5 Å². The van der Waals surface area contributed by atoms with Gasteiger partial charge in [0.05, 0.1) is 5.75 Å². The fourth-order valence-corrected chi connectivity index (χ4v) is 5.01. The third-order valence-electron chi connectivity index (χ3n) is 5.39. The first-order valence-electron chi connectivity index (χ1n) is 9.56. The van der Waals surface area contributed by atoms with Gasteiger partial charge >= 0.3 is 0 Å². The lowest BCUT2D eigenvalue weighted by Gasteiger charge is -2.27. The Labute approximate surface area is 153 Å². The van der Waals surface area contributed by atoms with Gasteiger partial charge in [-0.2, -0.15) is 0 Å². The molecule has 5 nitrogen and oxygen atoms in total. The van der Waals surface area contributed by atoms with Crippen LogP contribution in [0.3, 0.4) is 0 Å². The molecule has 2 fully saturated rings. The van der Waals surface area contributed by atoms with Crippen molar-refractivity contribution in [3.8, 4) is 0 Å². The molecule has 1 saturated heterocycles. The Bertz CT molecular complexity index is 732. The molecule has 0 N–H and O–H groups in total. The van der Waals surface area contributed by atoms with E-state index in [1.165, 1.54) is 38.5 Å². The Morgan fingerprint density at radius 3 is 2.68 bits per heavy atom. The molecule has 25 heavy (non-hydrogen) atoms. The Hall–Kier alpha value is -1.56. The van der Waals surface area contributed by atoms with Crippen molar-refractivity contribution in [1.29, 1.82) is 0 Å². The van der Waals surface area contributed by atoms with E-state index in [1.54, 1.807) is 11.8 Å². The van der Waals surface area contributed by atoms with Crippen molar-refractivity contribution >= 4 is 28.8 Å². The highest BCUT2D eigenvalue weighted by Gasteiger charge is 2.24. The summed E-state index contributed by atoms with van der Waals surface area (Å²) in [5, 5.41) is 0.964. The van der Waals surface area contributed by atoms with Crippen LogP contribution < -0.4 is 0 Å². The highest BCUT2D eigenvalue weighted by atomic mass is 32.2. The van der Waals surface area contributed by atoms with E-state index in [9.17, 15) is 4.79 Å². The zero-order valence-corrected chi connectivity index (χ0v) is 15.5. The summed E-state index contributed by atoms with van der Waals surface area (Å²) in [4.78, 5) is 23.9. The van der Waals surface area contributed by atoms with E-state index in [-0.39, 0.29) is 5.91 Å². The fraction of sp³-hybridized carbons (Fsp3) is 0.632. The molecule has 1 aliphatic heterocycles. The number of fused-ring (bicyclic) bond motifs is 1. The topological polar surface area (TPSA) is 51.0 Å². The molecule has 3 heterocycles. The molecule has 0 bridgehead atoms. The monoisotopic (exact) mass is 358 g/mol. The van der Waals surface area contributed by atoms with Crippen molar-refractivity contribution in [2.75, 3.05) is 18.8 Å². The van der Waals surface area contributed by atoms with E-state index in [4.69, 9.17) is 4.98 Å². The Kier molecular flexibility index (Phi) is 5.25. The number of carbonyl (C=O) groups excluding carboxylic acids is 1. The van der Waals surface area contributed by atoms with Gasteiger partial charge in [0.25, 0.3) is 0 Å². The zero-order chi connectivity index (χ0) is 17.1. The molecule has 0 spiro atoms. The molecule has 2 aromatic heterocycles. The van der Waals surface area contributed by atoms with Crippen molar-refractivity contribution in [2.24, 2.45) is 0 Å². The summed E-state index contributed by atoms with van der Waals surface area (Å²) in [6.07, 6.45) is 11.6. The van der Waals surface area contributed by atoms with Crippen LogP contribution >= 0.6 is 11.8 Å². The average molecular weight is 359 g/mol. The van der Waals surface area contributed by atoms with Gasteiger partial charge in [-0.05, 0) is 44.2 Å². The lowest BCUT2D eigenvalue weighted by molar-refractivity contribution is -0.129. The Morgan fingerprint density at radius 1 is 1.12 bits per heavy atom. The Morgan fingerprint density at radius 2 is 1.88 bits per heavy atom. The zero-order valence-electron chi connectivity index (χ0n) is 14.7. The number of thioether (sulfide) groups is 1. The van der Waals surface area contributed by atoms with Crippen LogP contribution in [0.1, 0.15) is 57.4 Å². The number of hydrogen-bond donors (Lipinski definition) is 0. The molecule has 1 amide bonds. The number of aromatic nitrogens is 3. The van der Waals surface area contributed by atoms with Gasteiger partial charge in [-0.1, -0.05) is 31.0 Å². The minimum atomic E-state index is 0.250. The van der Waals surface area contributed by atoms with Gasteiger partial charge in [-0.15, -0.1) is 0 Å². The van der Waals surface area contributed by atoms with Gasteiger partial charge in [0.1, 0.15) is 5.52 Å². The van der Waals surface area contributed by atoms with E-state index in [1.807, 2.05) is 23.2 Å². The van der Waals surface area contributed by atoms with Crippen molar-refractivity contribution in [3.05, 3.63) is 18.3 Å². The largest absolute Gasteiger partial charge is 0.342 e. The number of amides is 1. The number of nitrogens with zero attached hydrogens (tertiary/aromatic N) is 4. The molecule has 4 rings (SSSR count). The molecule has 2 aliphatic rings. The van der Waals surface area contributed by atoms with Crippen LogP contribution in [0.25, 0.3) is 11.2 Å². The van der Waals surface area contributed by atoms with Crippen LogP contribution in [0.2, 0.25) is 0 Å². The second-order valence-corrected chi connectivity index (χ2v) is 8.07. The highest BCUT2D eigenvalue weighted by molar-refractivity contribution is 7.99. The summed E-state index contributed by atoms with van der Waals surface area (Å²) >= 11 is 1.59. The summed E-state index contributed by atoms with van der Waals surface area (Å²) in [5.74, 6) is 0.732. The number of likely N-dealkylation sites (tertiary alicyclic amines) is 1. The van der Waals surface area contributed by atoms with Gasteiger partial charge in [0.2, 0.25) is 5.91 Å². The maximum absolute atomic E-state index is 12.5. The van der Waals surface area contributed by atoms with E-state index in [0.29, 0.717) is 11.8 Å². The van der Waals surface area contributed by atoms with Crippen molar-refractivity contribution < 1.29 is 4.79 Å². The number of hydrogen-bond acceptors (Lipinski definition) is 4. The fourth-order valence-electron chi connectivity index (χ4n) is 4.04. The molecule has 6 heteroatoms. The standard InChI is InChI=1S/C19H26N4OS/c24-17(22-12-5-2-6-13-22)14-25-19-21-16-10-7-11-20-18(16)23(19)15-8-3-1-4-9-15/h7,10-11,15H,1-6,8-9,12-14H2. The molecular weight excluding hydrogens is 332 g/mol. The normalized spacial score (nSPS) is 19.4. The summed E-state index contributed by atoms with van der Waals surface area (Å²) in [7, 11) is 0. The predicted octanol–water partition coefficient (Wildman–Crippen LogP) is 4.04. The molecule has 0 atom stereocenters. The van der Waals surface area contributed by atoms with Crippen LogP contribution in [-0.2, 0) is 4.79 Å². The van der Waals surface area contributed by atoms with E-state index in [2.05, 4.69) is 9.55 Å². The minimum Gasteiger partial charge on any atom is -0.342 e. The minimum absolute atomic E-state index is 0.250. The lowest BCUT2D eigenvalue weighted by Crippen LogP contribution is -2.36.